The number of rotatable bonds is 3. The predicted molar refractivity (Wildman–Crippen MR) is 65.2 cm³/mol. The van der Waals surface area contributed by atoms with Gasteiger partial charge in [0.1, 0.15) is 5.72 Å². The van der Waals surface area contributed by atoms with E-state index >= 15 is 0 Å². The fraction of sp³-hybridized carbons (Fsp3) is 0.538. The molecule has 3 heteroatoms. The van der Waals surface area contributed by atoms with Gasteiger partial charge in [-0.05, 0) is 12.5 Å². The molecule has 3 nitrogen and oxygen atoms in total. The Balaban J connectivity index is 2.24. The van der Waals surface area contributed by atoms with Gasteiger partial charge in [0.25, 0.3) is 0 Å². The molecule has 1 aliphatic rings. The van der Waals surface area contributed by atoms with Gasteiger partial charge in [-0.3, -0.25) is 4.90 Å². The van der Waals surface area contributed by atoms with E-state index in [2.05, 4.69) is 41.4 Å². The molecule has 88 valence electrons. The van der Waals surface area contributed by atoms with E-state index in [0.717, 1.165) is 26.2 Å². The standard InChI is InChI=1S/C13H20N2O/c1-13(16-2,12-6-4-3-5-7-12)15-10-8-14-9-11-15/h3-7,14H,8-11H2,1-2H3. The lowest BCUT2D eigenvalue weighted by Crippen LogP contribution is -2.54. The fourth-order valence-corrected chi connectivity index (χ4v) is 2.27. The fourth-order valence-electron chi connectivity index (χ4n) is 2.27. The van der Waals surface area contributed by atoms with Crippen LogP contribution in [-0.2, 0) is 10.5 Å². The maximum atomic E-state index is 5.76. The summed E-state index contributed by atoms with van der Waals surface area (Å²) < 4.78 is 5.76. The van der Waals surface area contributed by atoms with Crippen LogP contribution in [-0.4, -0.2) is 38.2 Å². The SMILES string of the molecule is COC(C)(c1ccccc1)N1CCNCC1. The third kappa shape index (κ3) is 2.12. The smallest absolute Gasteiger partial charge is 0.144 e. The molecule has 0 radical (unpaired) electrons. The lowest BCUT2D eigenvalue weighted by molar-refractivity contribution is -0.134. The average molecular weight is 220 g/mol. The molecule has 1 aromatic carbocycles. The minimum absolute atomic E-state index is 0.302. The van der Waals surface area contributed by atoms with Crippen LogP contribution >= 0.6 is 0 Å². The van der Waals surface area contributed by atoms with Gasteiger partial charge in [-0.1, -0.05) is 30.3 Å². The Labute approximate surface area is 97.4 Å². The first-order chi connectivity index (χ1) is 7.77. The number of hydrogen-bond donors (Lipinski definition) is 1. The minimum atomic E-state index is -0.302. The quantitative estimate of drug-likeness (QED) is 0.833. The molecule has 1 atom stereocenters. The molecular formula is C13H20N2O. The molecule has 16 heavy (non-hydrogen) atoms. The zero-order valence-electron chi connectivity index (χ0n) is 10.1. The first kappa shape index (κ1) is 11.6. The Bertz CT molecular complexity index is 322. The number of nitrogens with one attached hydrogen (secondary N) is 1. The zero-order valence-corrected chi connectivity index (χ0v) is 10.1. The summed E-state index contributed by atoms with van der Waals surface area (Å²) in [6.07, 6.45) is 0. The highest BCUT2D eigenvalue weighted by molar-refractivity contribution is 5.21. The number of hydrogen-bond acceptors (Lipinski definition) is 3. The highest BCUT2D eigenvalue weighted by Gasteiger charge is 2.34. The lowest BCUT2D eigenvalue weighted by atomic mass is 10.0. The van der Waals surface area contributed by atoms with Gasteiger partial charge in [-0.15, -0.1) is 0 Å². The van der Waals surface area contributed by atoms with E-state index in [0.29, 0.717) is 0 Å². The van der Waals surface area contributed by atoms with Crippen molar-refractivity contribution < 1.29 is 4.74 Å². The molecule has 0 aliphatic carbocycles. The number of ether oxygens (including phenoxy) is 1. The van der Waals surface area contributed by atoms with E-state index < -0.39 is 0 Å². The first-order valence-electron chi connectivity index (χ1n) is 5.84. The molecule has 0 bridgehead atoms. The van der Waals surface area contributed by atoms with Gasteiger partial charge in [0.05, 0.1) is 0 Å². The summed E-state index contributed by atoms with van der Waals surface area (Å²) in [5.41, 5.74) is 0.919. The van der Waals surface area contributed by atoms with Gasteiger partial charge in [0.15, 0.2) is 0 Å². The van der Waals surface area contributed by atoms with Gasteiger partial charge >= 0.3 is 0 Å². The Kier molecular flexibility index (Phi) is 3.59. The van der Waals surface area contributed by atoms with Crippen molar-refractivity contribution in [1.82, 2.24) is 10.2 Å². The van der Waals surface area contributed by atoms with Crippen LogP contribution < -0.4 is 5.32 Å². The lowest BCUT2D eigenvalue weighted by Gasteiger charge is -2.42. The van der Waals surface area contributed by atoms with Crippen molar-refractivity contribution in [3.8, 4) is 0 Å². The summed E-state index contributed by atoms with van der Waals surface area (Å²) in [5, 5.41) is 3.37. The maximum Gasteiger partial charge on any atom is 0.144 e. The molecule has 1 heterocycles. The van der Waals surface area contributed by atoms with Gasteiger partial charge < -0.3 is 10.1 Å². The van der Waals surface area contributed by atoms with Crippen LogP contribution in [0.2, 0.25) is 0 Å². The highest BCUT2D eigenvalue weighted by Crippen LogP contribution is 2.28. The van der Waals surface area contributed by atoms with Gasteiger partial charge in [0, 0.05) is 33.3 Å². The van der Waals surface area contributed by atoms with Crippen LogP contribution in [0.4, 0.5) is 0 Å². The van der Waals surface area contributed by atoms with E-state index in [1.54, 1.807) is 7.11 Å². The van der Waals surface area contributed by atoms with Crippen LogP contribution in [0.1, 0.15) is 12.5 Å². The highest BCUT2D eigenvalue weighted by atomic mass is 16.5. The van der Waals surface area contributed by atoms with E-state index in [-0.39, 0.29) is 5.72 Å². The predicted octanol–water partition coefficient (Wildman–Crippen LogP) is 1.41. The third-order valence-corrected chi connectivity index (χ3v) is 3.43. The summed E-state index contributed by atoms with van der Waals surface area (Å²) in [6.45, 7) is 6.27. The molecule has 0 amide bonds. The van der Waals surface area contributed by atoms with Crippen LogP contribution in [0.5, 0.6) is 0 Å². The molecular weight excluding hydrogens is 200 g/mol. The average Bonchev–Trinajstić information content (AvgIpc) is 2.40. The molecule has 0 spiro atoms. The van der Waals surface area contributed by atoms with Crippen molar-refractivity contribution in [2.45, 2.75) is 12.6 Å². The summed E-state index contributed by atoms with van der Waals surface area (Å²) in [7, 11) is 1.79. The van der Waals surface area contributed by atoms with Crippen molar-refractivity contribution in [2.75, 3.05) is 33.3 Å². The summed E-state index contributed by atoms with van der Waals surface area (Å²) in [5.74, 6) is 0. The first-order valence-corrected chi connectivity index (χ1v) is 5.84. The van der Waals surface area contributed by atoms with E-state index in [1.807, 2.05) is 6.07 Å². The summed E-state index contributed by atoms with van der Waals surface area (Å²) in [4.78, 5) is 2.39. The Morgan fingerprint density at radius 1 is 1.19 bits per heavy atom. The number of methoxy groups -OCH3 is 1. The largest absolute Gasteiger partial charge is 0.360 e. The van der Waals surface area contributed by atoms with E-state index in [4.69, 9.17) is 4.74 Å². The van der Waals surface area contributed by atoms with Crippen molar-refractivity contribution in [2.24, 2.45) is 0 Å². The van der Waals surface area contributed by atoms with Crippen molar-refractivity contribution >= 4 is 0 Å². The molecule has 1 unspecified atom stereocenters. The second-order valence-electron chi connectivity index (χ2n) is 4.29. The van der Waals surface area contributed by atoms with Crippen molar-refractivity contribution in [3.63, 3.8) is 0 Å². The van der Waals surface area contributed by atoms with Crippen molar-refractivity contribution in [1.29, 1.82) is 0 Å². The molecule has 1 aliphatic heterocycles. The molecule has 1 N–H and O–H groups in total. The van der Waals surface area contributed by atoms with Crippen LogP contribution in [0.15, 0.2) is 30.3 Å². The molecule has 2 rings (SSSR count). The third-order valence-electron chi connectivity index (χ3n) is 3.43. The number of benzene rings is 1. The topological polar surface area (TPSA) is 24.5 Å². The van der Waals surface area contributed by atoms with Gasteiger partial charge in [-0.2, -0.15) is 0 Å². The van der Waals surface area contributed by atoms with E-state index in [1.165, 1.54) is 5.56 Å². The molecule has 0 saturated carbocycles. The van der Waals surface area contributed by atoms with Crippen LogP contribution in [0.25, 0.3) is 0 Å². The molecule has 0 aromatic heterocycles. The zero-order chi connectivity index (χ0) is 11.4. The Morgan fingerprint density at radius 2 is 1.81 bits per heavy atom. The van der Waals surface area contributed by atoms with Crippen LogP contribution in [0, 0.1) is 0 Å². The number of piperazine rings is 1. The monoisotopic (exact) mass is 220 g/mol. The Hall–Kier alpha value is -0.900. The molecule has 1 aromatic rings. The normalized spacial score (nSPS) is 21.6. The molecule has 1 saturated heterocycles. The minimum Gasteiger partial charge on any atom is -0.360 e. The molecule has 1 fully saturated rings. The summed E-state index contributed by atoms with van der Waals surface area (Å²) in [6, 6.07) is 10.4. The van der Waals surface area contributed by atoms with Crippen LogP contribution in [0.3, 0.4) is 0 Å². The van der Waals surface area contributed by atoms with Gasteiger partial charge in [0.2, 0.25) is 0 Å². The second kappa shape index (κ2) is 4.95. The van der Waals surface area contributed by atoms with Gasteiger partial charge in [-0.25, -0.2) is 0 Å². The van der Waals surface area contributed by atoms with E-state index in [9.17, 15) is 0 Å². The number of nitrogens with zero attached hydrogens (tertiary/aromatic N) is 1. The maximum absolute atomic E-state index is 5.76. The van der Waals surface area contributed by atoms with Crippen molar-refractivity contribution in [3.05, 3.63) is 35.9 Å². The summed E-state index contributed by atoms with van der Waals surface area (Å²) >= 11 is 0. The Morgan fingerprint density at radius 3 is 2.38 bits per heavy atom. The second-order valence-corrected chi connectivity index (χ2v) is 4.29.